The number of nitrogens with one attached hydrogen (secondary N) is 3. The van der Waals surface area contributed by atoms with Crippen LogP contribution in [-0.2, 0) is 19.6 Å². The molecule has 0 radical (unpaired) electrons. The Labute approximate surface area is 157 Å². The second-order valence-corrected chi connectivity index (χ2v) is 7.40. The maximum absolute atomic E-state index is 12.1. The van der Waals surface area contributed by atoms with Crippen LogP contribution in [-0.4, -0.2) is 32.5 Å². The van der Waals surface area contributed by atoms with Gasteiger partial charge in [-0.15, -0.1) is 0 Å². The summed E-state index contributed by atoms with van der Waals surface area (Å²) in [6, 6.07) is 14.7. The minimum absolute atomic E-state index is 0.0762. The summed E-state index contributed by atoms with van der Waals surface area (Å²) in [5, 5.41) is 6.62. The largest absolute Gasteiger partial charge is 0.326 e. The van der Waals surface area contributed by atoms with Crippen molar-refractivity contribution in [3.63, 3.8) is 0 Å². The highest BCUT2D eigenvalue weighted by Gasteiger charge is 2.14. The standard InChI is InChI=1S/C18H20N4O4S/c1-13(15-7-6-8-16(11-15)20-14(2)23)21-22-18(24)12-19-27(25,26)17-9-4-3-5-10-17/h3-11,19H,12H2,1-2H3,(H,20,23)(H,22,24)/b21-13-. The molecule has 27 heavy (non-hydrogen) atoms. The van der Waals surface area contributed by atoms with E-state index in [1.807, 2.05) is 0 Å². The lowest BCUT2D eigenvalue weighted by Gasteiger charge is -2.07. The molecule has 9 heteroatoms. The van der Waals surface area contributed by atoms with Gasteiger partial charge in [0.05, 0.1) is 17.2 Å². The number of amides is 2. The topological polar surface area (TPSA) is 117 Å². The lowest BCUT2D eigenvalue weighted by Crippen LogP contribution is -2.35. The molecule has 0 saturated carbocycles. The third-order valence-corrected chi connectivity index (χ3v) is 4.84. The molecule has 0 aliphatic rings. The fourth-order valence-electron chi connectivity index (χ4n) is 2.12. The van der Waals surface area contributed by atoms with Crippen molar-refractivity contribution < 1.29 is 18.0 Å². The molecule has 0 bridgehead atoms. The third kappa shape index (κ3) is 6.32. The van der Waals surface area contributed by atoms with Crippen LogP contribution in [0.4, 0.5) is 5.69 Å². The van der Waals surface area contributed by atoms with Gasteiger partial charge in [0.2, 0.25) is 15.9 Å². The summed E-state index contributed by atoms with van der Waals surface area (Å²) < 4.78 is 26.3. The van der Waals surface area contributed by atoms with Crippen LogP contribution in [0.5, 0.6) is 0 Å². The summed E-state index contributed by atoms with van der Waals surface area (Å²) in [5.74, 6) is -0.799. The smallest absolute Gasteiger partial charge is 0.255 e. The molecule has 0 saturated heterocycles. The summed E-state index contributed by atoms with van der Waals surface area (Å²) in [6.07, 6.45) is 0. The first-order valence-electron chi connectivity index (χ1n) is 8.04. The first-order chi connectivity index (χ1) is 12.8. The van der Waals surface area contributed by atoms with Crippen molar-refractivity contribution in [3.05, 3.63) is 60.2 Å². The van der Waals surface area contributed by atoms with Crippen molar-refractivity contribution in [1.82, 2.24) is 10.1 Å². The Morgan fingerprint density at radius 3 is 2.37 bits per heavy atom. The first kappa shape index (κ1) is 20.3. The van der Waals surface area contributed by atoms with Crippen molar-refractivity contribution in [2.75, 3.05) is 11.9 Å². The molecule has 0 heterocycles. The average molecular weight is 388 g/mol. The summed E-state index contributed by atoms with van der Waals surface area (Å²) in [7, 11) is -3.76. The van der Waals surface area contributed by atoms with Crippen molar-refractivity contribution in [2.45, 2.75) is 18.7 Å². The number of hydrogen-bond acceptors (Lipinski definition) is 5. The van der Waals surface area contributed by atoms with E-state index in [1.165, 1.54) is 19.1 Å². The minimum Gasteiger partial charge on any atom is -0.326 e. The van der Waals surface area contributed by atoms with Gasteiger partial charge in [-0.25, -0.2) is 18.6 Å². The molecule has 2 aromatic carbocycles. The number of benzene rings is 2. The molecule has 2 rings (SSSR count). The Hall–Kier alpha value is -3.04. The van der Waals surface area contributed by atoms with Gasteiger partial charge in [0.15, 0.2) is 0 Å². The SMILES string of the molecule is CC(=O)Nc1cccc(/C(C)=N\NC(=O)CNS(=O)(=O)c2ccccc2)c1. The lowest BCUT2D eigenvalue weighted by molar-refractivity contribution is -0.120. The van der Waals surface area contributed by atoms with Crippen LogP contribution in [0.15, 0.2) is 64.6 Å². The van der Waals surface area contributed by atoms with Crippen LogP contribution in [0.25, 0.3) is 0 Å². The highest BCUT2D eigenvalue weighted by molar-refractivity contribution is 7.89. The maximum Gasteiger partial charge on any atom is 0.255 e. The zero-order valence-electron chi connectivity index (χ0n) is 14.9. The van der Waals surface area contributed by atoms with Gasteiger partial charge >= 0.3 is 0 Å². The van der Waals surface area contributed by atoms with Crippen LogP contribution in [0.3, 0.4) is 0 Å². The van der Waals surface area contributed by atoms with Gasteiger partial charge in [0.1, 0.15) is 0 Å². The van der Waals surface area contributed by atoms with Gasteiger partial charge in [-0.2, -0.15) is 5.10 Å². The predicted molar refractivity (Wildman–Crippen MR) is 103 cm³/mol. The number of hydrazone groups is 1. The van der Waals surface area contributed by atoms with E-state index < -0.39 is 22.5 Å². The van der Waals surface area contributed by atoms with E-state index in [-0.39, 0.29) is 10.8 Å². The molecular formula is C18H20N4O4S. The van der Waals surface area contributed by atoms with Gasteiger partial charge in [0, 0.05) is 12.6 Å². The quantitative estimate of drug-likeness (QED) is 0.492. The third-order valence-electron chi connectivity index (χ3n) is 3.43. The molecule has 0 aliphatic heterocycles. The number of rotatable bonds is 7. The molecule has 0 fully saturated rings. The Balaban J connectivity index is 1.95. The molecule has 0 unspecified atom stereocenters. The molecule has 3 N–H and O–H groups in total. The minimum atomic E-state index is -3.76. The van der Waals surface area contributed by atoms with Crippen molar-refractivity contribution >= 4 is 33.2 Å². The average Bonchev–Trinajstić information content (AvgIpc) is 2.65. The second-order valence-electron chi connectivity index (χ2n) is 5.63. The highest BCUT2D eigenvalue weighted by Crippen LogP contribution is 2.11. The molecule has 0 aliphatic carbocycles. The number of hydrogen-bond donors (Lipinski definition) is 3. The highest BCUT2D eigenvalue weighted by atomic mass is 32.2. The molecule has 2 aromatic rings. The number of carbonyl (C=O) groups excluding carboxylic acids is 2. The normalized spacial score (nSPS) is 11.7. The van der Waals surface area contributed by atoms with Crippen LogP contribution in [0.1, 0.15) is 19.4 Å². The predicted octanol–water partition coefficient (Wildman–Crippen LogP) is 1.46. The van der Waals surface area contributed by atoms with Crippen molar-refractivity contribution in [1.29, 1.82) is 0 Å². The number of carbonyl (C=O) groups is 2. The Bertz CT molecular complexity index is 956. The summed E-state index contributed by atoms with van der Waals surface area (Å²) in [6.45, 7) is 2.64. The lowest BCUT2D eigenvalue weighted by atomic mass is 10.1. The van der Waals surface area contributed by atoms with Gasteiger partial charge in [-0.1, -0.05) is 30.3 Å². The Morgan fingerprint density at radius 2 is 1.70 bits per heavy atom. The molecule has 0 aromatic heterocycles. The fourth-order valence-corrected chi connectivity index (χ4v) is 3.12. The van der Waals surface area contributed by atoms with E-state index in [0.717, 1.165) is 0 Å². The van der Waals surface area contributed by atoms with Crippen molar-refractivity contribution in [2.24, 2.45) is 5.10 Å². The number of anilines is 1. The number of sulfonamides is 1. The zero-order valence-corrected chi connectivity index (χ0v) is 15.7. The summed E-state index contributed by atoms with van der Waals surface area (Å²) in [4.78, 5) is 23.1. The van der Waals surface area contributed by atoms with E-state index in [2.05, 4.69) is 20.6 Å². The molecule has 0 spiro atoms. The van der Waals surface area contributed by atoms with Gasteiger partial charge in [-0.3, -0.25) is 9.59 Å². The van der Waals surface area contributed by atoms with E-state index >= 15 is 0 Å². The Morgan fingerprint density at radius 1 is 1.00 bits per heavy atom. The summed E-state index contributed by atoms with van der Waals surface area (Å²) >= 11 is 0. The monoisotopic (exact) mass is 388 g/mol. The molecule has 142 valence electrons. The van der Waals surface area contributed by atoms with E-state index in [0.29, 0.717) is 17.0 Å². The van der Waals surface area contributed by atoms with Crippen LogP contribution < -0.4 is 15.5 Å². The maximum atomic E-state index is 12.1. The number of nitrogens with zero attached hydrogens (tertiary/aromatic N) is 1. The van der Waals surface area contributed by atoms with Crippen LogP contribution in [0, 0.1) is 0 Å². The van der Waals surface area contributed by atoms with E-state index in [9.17, 15) is 18.0 Å². The van der Waals surface area contributed by atoms with Crippen LogP contribution in [0.2, 0.25) is 0 Å². The van der Waals surface area contributed by atoms with Crippen molar-refractivity contribution in [3.8, 4) is 0 Å². The van der Waals surface area contributed by atoms with Gasteiger partial charge in [0.25, 0.3) is 5.91 Å². The van der Waals surface area contributed by atoms with Gasteiger partial charge < -0.3 is 5.32 Å². The zero-order chi connectivity index (χ0) is 19.9. The van der Waals surface area contributed by atoms with E-state index in [4.69, 9.17) is 0 Å². The van der Waals surface area contributed by atoms with Crippen LogP contribution >= 0.6 is 0 Å². The second kappa shape index (κ2) is 9.06. The first-order valence-corrected chi connectivity index (χ1v) is 9.52. The fraction of sp³-hybridized carbons (Fsp3) is 0.167. The summed E-state index contributed by atoms with van der Waals surface area (Å²) in [5.41, 5.74) is 4.11. The molecule has 0 atom stereocenters. The van der Waals surface area contributed by atoms with Gasteiger partial charge in [-0.05, 0) is 36.8 Å². The van der Waals surface area contributed by atoms with E-state index in [1.54, 1.807) is 49.4 Å². The Kier molecular flexibility index (Phi) is 6.80. The molecular weight excluding hydrogens is 368 g/mol. The molecule has 2 amide bonds. The molecule has 8 nitrogen and oxygen atoms in total.